The van der Waals surface area contributed by atoms with E-state index in [4.69, 9.17) is 17.3 Å². The quantitative estimate of drug-likeness (QED) is 0.688. The van der Waals surface area contributed by atoms with Crippen LogP contribution >= 0.6 is 0 Å². The number of aliphatic carboxylic acids is 1. The fourth-order valence-corrected chi connectivity index (χ4v) is 1.77. The van der Waals surface area contributed by atoms with E-state index in [-0.39, 0.29) is 0 Å². The molecule has 0 radical (unpaired) electrons. The van der Waals surface area contributed by atoms with Crippen molar-refractivity contribution in [2.75, 3.05) is 0 Å². The molecule has 0 unspecified atom stereocenters. The Bertz CT molecular complexity index is 607. The van der Waals surface area contributed by atoms with Crippen LogP contribution in [0.4, 0.5) is 0 Å². The van der Waals surface area contributed by atoms with Crippen molar-refractivity contribution in [2.45, 2.75) is 12.5 Å². The number of carboxylic acid groups (broad SMARTS) is 1. The third kappa shape index (κ3) is 2.14. The maximum atomic E-state index is 10.7. The summed E-state index contributed by atoms with van der Waals surface area (Å²) in [6.07, 6.45) is 7.37. The number of rotatable bonds is 3. The minimum absolute atomic E-state index is 0.296. The third-order valence-corrected chi connectivity index (χ3v) is 2.69. The van der Waals surface area contributed by atoms with Crippen molar-refractivity contribution in [3.8, 4) is 12.3 Å². The summed E-state index contributed by atoms with van der Waals surface area (Å²) >= 11 is 0. The van der Waals surface area contributed by atoms with Gasteiger partial charge in [-0.2, -0.15) is 0 Å². The lowest BCUT2D eigenvalue weighted by Crippen LogP contribution is -2.32. The van der Waals surface area contributed by atoms with Crippen LogP contribution in [0.5, 0.6) is 0 Å². The van der Waals surface area contributed by atoms with Crippen molar-refractivity contribution in [1.29, 1.82) is 0 Å². The summed E-state index contributed by atoms with van der Waals surface area (Å²) in [4.78, 5) is 13.8. The molecule has 86 valence electrons. The first-order chi connectivity index (χ1) is 8.11. The van der Waals surface area contributed by atoms with E-state index in [1.807, 2.05) is 18.2 Å². The van der Waals surface area contributed by atoms with E-state index in [0.717, 1.165) is 22.0 Å². The highest BCUT2D eigenvalue weighted by molar-refractivity contribution is 5.85. The maximum absolute atomic E-state index is 10.7. The van der Waals surface area contributed by atoms with Crippen molar-refractivity contribution < 1.29 is 9.90 Å². The maximum Gasteiger partial charge on any atom is 0.320 e. The number of benzene rings is 1. The van der Waals surface area contributed by atoms with Crippen LogP contribution in [0.3, 0.4) is 0 Å². The van der Waals surface area contributed by atoms with E-state index in [9.17, 15) is 4.79 Å². The Labute approximate surface area is 98.4 Å². The molecule has 0 saturated carbocycles. The second kappa shape index (κ2) is 4.32. The van der Waals surface area contributed by atoms with Crippen LogP contribution < -0.4 is 5.73 Å². The summed E-state index contributed by atoms with van der Waals surface area (Å²) in [5.74, 6) is 1.55. The number of hydrogen-bond acceptors (Lipinski definition) is 2. The van der Waals surface area contributed by atoms with Crippen molar-refractivity contribution in [1.82, 2.24) is 4.98 Å². The molecule has 4 nitrogen and oxygen atoms in total. The Morgan fingerprint density at radius 1 is 1.59 bits per heavy atom. The number of aromatic amines is 1. The molecule has 0 saturated heterocycles. The summed E-state index contributed by atoms with van der Waals surface area (Å²) in [5, 5.41) is 9.73. The minimum atomic E-state index is -1.00. The molecule has 4 heteroatoms. The molecule has 2 rings (SSSR count). The van der Waals surface area contributed by atoms with Crippen molar-refractivity contribution in [3.05, 3.63) is 35.5 Å². The monoisotopic (exact) mass is 228 g/mol. The number of H-pyrrole nitrogens is 1. The second-order valence-corrected chi connectivity index (χ2v) is 3.87. The number of carboxylic acids is 1. The average molecular weight is 228 g/mol. The first kappa shape index (κ1) is 11.2. The highest BCUT2D eigenvalue weighted by atomic mass is 16.4. The van der Waals surface area contributed by atoms with Crippen molar-refractivity contribution in [2.24, 2.45) is 5.73 Å². The highest BCUT2D eigenvalue weighted by Gasteiger charge is 2.14. The standard InChI is InChI=1S/C13H12N2O2/c1-2-8-3-4-10-9(6-11(14)13(16)17)7-15-12(10)5-8/h1,3-5,7,11,15H,6,14H2,(H,16,17)/t11-/m0/s1. The van der Waals surface area contributed by atoms with Crippen LogP contribution in [0.25, 0.3) is 10.9 Å². The molecule has 1 heterocycles. The predicted molar refractivity (Wildman–Crippen MR) is 65.5 cm³/mol. The smallest absolute Gasteiger partial charge is 0.320 e. The molecule has 0 aliphatic carbocycles. The Hall–Kier alpha value is -2.25. The Morgan fingerprint density at radius 3 is 3.00 bits per heavy atom. The van der Waals surface area contributed by atoms with Crippen LogP contribution in [0.15, 0.2) is 24.4 Å². The number of nitrogens with two attached hydrogens (primary N) is 1. The zero-order valence-corrected chi connectivity index (χ0v) is 9.10. The molecule has 1 aromatic carbocycles. The van der Waals surface area contributed by atoms with Gasteiger partial charge in [-0.05, 0) is 17.7 Å². The first-order valence-electron chi connectivity index (χ1n) is 5.17. The molecule has 1 aromatic heterocycles. The SMILES string of the molecule is C#Cc1ccc2c(C[C@H](N)C(=O)O)c[nH]c2c1. The van der Waals surface area contributed by atoms with Crippen LogP contribution in [-0.2, 0) is 11.2 Å². The van der Waals surface area contributed by atoms with E-state index in [2.05, 4.69) is 10.9 Å². The molecule has 0 bridgehead atoms. The van der Waals surface area contributed by atoms with Gasteiger partial charge in [0.2, 0.25) is 0 Å². The van der Waals surface area contributed by atoms with Gasteiger partial charge in [-0.3, -0.25) is 4.79 Å². The van der Waals surface area contributed by atoms with Crippen molar-refractivity contribution in [3.63, 3.8) is 0 Å². The summed E-state index contributed by atoms with van der Waals surface area (Å²) in [5.41, 5.74) is 8.08. The van der Waals surface area contributed by atoms with Gasteiger partial charge in [-0.25, -0.2) is 0 Å². The molecule has 1 atom stereocenters. The predicted octanol–water partition coefficient (Wildman–Crippen LogP) is 1.10. The number of nitrogens with one attached hydrogen (secondary N) is 1. The fourth-order valence-electron chi connectivity index (χ4n) is 1.77. The lowest BCUT2D eigenvalue weighted by Gasteiger charge is -2.04. The molecule has 0 spiro atoms. The zero-order chi connectivity index (χ0) is 12.4. The Morgan fingerprint density at radius 2 is 2.35 bits per heavy atom. The van der Waals surface area contributed by atoms with E-state index in [1.54, 1.807) is 6.20 Å². The van der Waals surface area contributed by atoms with Gasteiger partial charge < -0.3 is 15.8 Å². The van der Waals surface area contributed by atoms with Gasteiger partial charge in [0.15, 0.2) is 0 Å². The van der Waals surface area contributed by atoms with Crippen LogP contribution in [-0.4, -0.2) is 22.1 Å². The zero-order valence-electron chi connectivity index (χ0n) is 9.10. The highest BCUT2D eigenvalue weighted by Crippen LogP contribution is 2.20. The summed E-state index contributed by atoms with van der Waals surface area (Å²) in [7, 11) is 0. The van der Waals surface area contributed by atoms with E-state index >= 15 is 0 Å². The molecule has 0 aliphatic heterocycles. The average Bonchev–Trinajstić information content (AvgIpc) is 2.71. The van der Waals surface area contributed by atoms with Crippen molar-refractivity contribution >= 4 is 16.9 Å². The molecule has 4 N–H and O–H groups in total. The lowest BCUT2D eigenvalue weighted by atomic mass is 10.0. The molecule has 0 aliphatic rings. The number of carbonyl (C=O) groups is 1. The number of aromatic nitrogens is 1. The van der Waals surface area contributed by atoms with Gasteiger partial charge in [0.1, 0.15) is 6.04 Å². The molecule has 2 aromatic rings. The topological polar surface area (TPSA) is 79.1 Å². The van der Waals surface area contributed by atoms with E-state index < -0.39 is 12.0 Å². The second-order valence-electron chi connectivity index (χ2n) is 3.87. The molecule has 17 heavy (non-hydrogen) atoms. The van der Waals surface area contributed by atoms with Crippen LogP contribution in [0, 0.1) is 12.3 Å². The number of fused-ring (bicyclic) bond motifs is 1. The molecule has 0 amide bonds. The van der Waals surface area contributed by atoms with Gasteiger partial charge in [-0.1, -0.05) is 12.0 Å². The Kier molecular flexibility index (Phi) is 2.86. The number of terminal acetylenes is 1. The molecular formula is C13H12N2O2. The minimum Gasteiger partial charge on any atom is -0.480 e. The van der Waals surface area contributed by atoms with E-state index in [0.29, 0.717) is 6.42 Å². The van der Waals surface area contributed by atoms with Gasteiger partial charge in [0.25, 0.3) is 0 Å². The summed E-state index contributed by atoms with van der Waals surface area (Å²) in [6.45, 7) is 0. The lowest BCUT2D eigenvalue weighted by molar-refractivity contribution is -0.138. The molecular weight excluding hydrogens is 216 g/mol. The number of hydrogen-bond donors (Lipinski definition) is 3. The van der Waals surface area contributed by atoms with Crippen LogP contribution in [0.2, 0.25) is 0 Å². The summed E-state index contributed by atoms with van der Waals surface area (Å²) in [6, 6.07) is 4.67. The van der Waals surface area contributed by atoms with Crippen LogP contribution in [0.1, 0.15) is 11.1 Å². The van der Waals surface area contributed by atoms with Gasteiger partial charge in [0, 0.05) is 29.1 Å². The molecule has 0 fully saturated rings. The van der Waals surface area contributed by atoms with Gasteiger partial charge in [0.05, 0.1) is 0 Å². The van der Waals surface area contributed by atoms with Gasteiger partial charge >= 0.3 is 5.97 Å². The van der Waals surface area contributed by atoms with E-state index in [1.165, 1.54) is 0 Å². The van der Waals surface area contributed by atoms with Gasteiger partial charge in [-0.15, -0.1) is 6.42 Å². The Balaban J connectivity index is 2.37. The summed E-state index contributed by atoms with van der Waals surface area (Å²) < 4.78 is 0. The fraction of sp³-hybridized carbons (Fsp3) is 0.154. The first-order valence-corrected chi connectivity index (χ1v) is 5.17. The third-order valence-electron chi connectivity index (χ3n) is 2.69. The largest absolute Gasteiger partial charge is 0.480 e. The normalized spacial score (nSPS) is 12.2.